The fourth-order valence-corrected chi connectivity index (χ4v) is 9.99. The largest absolute Gasteiger partial charge is 0.456 e. The minimum atomic E-state index is -0.113. The first-order valence-electron chi connectivity index (χ1n) is 20.4. The van der Waals surface area contributed by atoms with Crippen LogP contribution in [0.1, 0.15) is 49.9 Å². The van der Waals surface area contributed by atoms with Crippen LogP contribution in [0.2, 0.25) is 0 Å². The maximum absolute atomic E-state index is 6.36. The van der Waals surface area contributed by atoms with Gasteiger partial charge in [-0.05, 0) is 122 Å². The number of rotatable bonds is 5. The van der Waals surface area contributed by atoms with E-state index in [1.807, 2.05) is 36.4 Å². The topological polar surface area (TPSA) is 42.4 Å². The molecule has 4 heteroatoms. The summed E-state index contributed by atoms with van der Waals surface area (Å²) >= 11 is 0. The Bertz CT molecular complexity index is 3220. The highest BCUT2D eigenvalue weighted by Gasteiger charge is 2.37. The lowest BCUT2D eigenvalue weighted by molar-refractivity contribution is 0.620. The molecule has 2 aromatic heterocycles. The van der Waals surface area contributed by atoms with Gasteiger partial charge in [0.2, 0.25) is 5.89 Å². The smallest absolute Gasteiger partial charge is 0.227 e. The Morgan fingerprint density at radius 2 is 0.932 bits per heavy atom. The molecule has 0 saturated heterocycles. The third-order valence-electron chi connectivity index (χ3n) is 13.1. The van der Waals surface area contributed by atoms with Gasteiger partial charge in [-0.1, -0.05) is 125 Å². The van der Waals surface area contributed by atoms with Crippen molar-refractivity contribution in [3.63, 3.8) is 0 Å². The minimum absolute atomic E-state index is 0.113. The molecule has 0 fully saturated rings. The van der Waals surface area contributed by atoms with E-state index >= 15 is 0 Å². The number of benzene rings is 8. The van der Waals surface area contributed by atoms with Crippen LogP contribution in [-0.2, 0) is 10.8 Å². The van der Waals surface area contributed by atoms with E-state index in [9.17, 15) is 0 Å². The molecule has 0 atom stereocenters. The van der Waals surface area contributed by atoms with E-state index in [2.05, 4.69) is 166 Å². The van der Waals surface area contributed by atoms with Gasteiger partial charge in [0.15, 0.2) is 5.58 Å². The Hall–Kier alpha value is -7.17. The molecule has 0 unspecified atom stereocenters. The molecular formula is C55H40N2O2. The van der Waals surface area contributed by atoms with Crippen molar-refractivity contribution in [2.24, 2.45) is 0 Å². The third-order valence-corrected chi connectivity index (χ3v) is 13.1. The Balaban J connectivity index is 0.959. The van der Waals surface area contributed by atoms with Crippen LogP contribution >= 0.6 is 0 Å². The number of anilines is 3. The van der Waals surface area contributed by atoms with Gasteiger partial charge >= 0.3 is 0 Å². The summed E-state index contributed by atoms with van der Waals surface area (Å²) in [4.78, 5) is 7.20. The molecular weight excluding hydrogens is 721 g/mol. The van der Waals surface area contributed by atoms with Gasteiger partial charge in [0.25, 0.3) is 0 Å². The zero-order valence-corrected chi connectivity index (χ0v) is 33.4. The van der Waals surface area contributed by atoms with E-state index in [4.69, 9.17) is 13.8 Å². The lowest BCUT2D eigenvalue weighted by Crippen LogP contribution is -2.18. The first-order valence-corrected chi connectivity index (χ1v) is 20.4. The summed E-state index contributed by atoms with van der Waals surface area (Å²) in [6.45, 7) is 9.41. The number of hydrogen-bond donors (Lipinski definition) is 0. The normalized spacial score (nSPS) is 14.4. The van der Waals surface area contributed by atoms with Crippen LogP contribution in [-0.4, -0.2) is 4.98 Å². The van der Waals surface area contributed by atoms with Crippen molar-refractivity contribution in [3.8, 4) is 44.8 Å². The van der Waals surface area contributed by atoms with Crippen LogP contribution in [0.4, 0.5) is 17.1 Å². The minimum Gasteiger partial charge on any atom is -0.456 e. The Morgan fingerprint density at radius 1 is 0.390 bits per heavy atom. The summed E-state index contributed by atoms with van der Waals surface area (Å²) in [5, 5.41) is 2.06. The van der Waals surface area contributed by atoms with Gasteiger partial charge < -0.3 is 13.7 Å². The van der Waals surface area contributed by atoms with Gasteiger partial charge in [-0.2, -0.15) is 0 Å². The summed E-state index contributed by atoms with van der Waals surface area (Å²) in [6.07, 6.45) is 0. The number of furan rings is 1. The number of fused-ring (bicyclic) bond motifs is 10. The second-order valence-corrected chi connectivity index (χ2v) is 17.2. The first-order chi connectivity index (χ1) is 28.7. The molecule has 0 amide bonds. The number of nitrogens with zero attached hydrogens (tertiary/aromatic N) is 2. The summed E-state index contributed by atoms with van der Waals surface area (Å²) in [6, 6.07) is 61.3. The third kappa shape index (κ3) is 4.99. The van der Waals surface area contributed by atoms with E-state index in [-0.39, 0.29) is 10.8 Å². The van der Waals surface area contributed by atoms with Crippen molar-refractivity contribution < 1.29 is 8.83 Å². The van der Waals surface area contributed by atoms with E-state index in [1.165, 1.54) is 44.5 Å². The summed E-state index contributed by atoms with van der Waals surface area (Å²) < 4.78 is 12.6. The quantitative estimate of drug-likeness (QED) is 0.175. The molecule has 2 heterocycles. The molecule has 0 radical (unpaired) electrons. The van der Waals surface area contributed by atoms with Crippen molar-refractivity contribution in [1.82, 2.24) is 4.98 Å². The maximum Gasteiger partial charge on any atom is 0.227 e. The number of oxazole rings is 1. The fraction of sp³-hybridized carbons (Fsp3) is 0.109. The van der Waals surface area contributed by atoms with Gasteiger partial charge in [0.05, 0.1) is 0 Å². The molecule has 0 aliphatic heterocycles. The van der Waals surface area contributed by atoms with Crippen LogP contribution in [0.3, 0.4) is 0 Å². The van der Waals surface area contributed by atoms with E-state index < -0.39 is 0 Å². The summed E-state index contributed by atoms with van der Waals surface area (Å²) in [5.74, 6) is 0.606. The zero-order valence-electron chi connectivity index (χ0n) is 33.4. The standard InChI is InChI=1S/C55H40N2O2/c1-54(2)45-16-10-8-14-39(45)41-25-23-37(29-47(41)54)57(38-24-26-42-40-15-9-11-17-46(40)55(3,4)48(42)30-38)36-21-18-33(19-22-36)35-20-27-50-43(28-35)44-31-52-49(32-51(44)58-50)56-53(59-52)34-12-6-5-7-13-34/h5-32H,1-4H3. The molecule has 2 aliphatic carbocycles. The SMILES string of the molecule is CC1(C)c2ccccc2-c2ccc(N(c3ccc(-c4ccc5oc6cc7nc(-c8ccccc8)oc7cc6c5c4)cc3)c3ccc4c(c3)C(C)(C)c3ccccc3-4)cc21. The monoisotopic (exact) mass is 760 g/mol. The van der Waals surface area contributed by atoms with Crippen molar-refractivity contribution >= 4 is 50.1 Å². The molecule has 0 bridgehead atoms. The van der Waals surface area contributed by atoms with Crippen molar-refractivity contribution in [1.29, 1.82) is 0 Å². The fourth-order valence-electron chi connectivity index (χ4n) is 9.99. The van der Waals surface area contributed by atoms with E-state index in [0.29, 0.717) is 5.89 Å². The van der Waals surface area contributed by atoms with Crippen LogP contribution in [0.15, 0.2) is 179 Å². The lowest BCUT2D eigenvalue weighted by atomic mass is 9.82. The summed E-state index contributed by atoms with van der Waals surface area (Å²) in [7, 11) is 0. The van der Waals surface area contributed by atoms with E-state index in [1.54, 1.807) is 0 Å². The highest BCUT2D eigenvalue weighted by atomic mass is 16.4. The van der Waals surface area contributed by atoms with Crippen LogP contribution < -0.4 is 4.90 Å². The Morgan fingerprint density at radius 3 is 1.58 bits per heavy atom. The molecule has 8 aromatic carbocycles. The van der Waals surface area contributed by atoms with Gasteiger partial charge in [0.1, 0.15) is 16.7 Å². The molecule has 0 spiro atoms. The molecule has 12 rings (SSSR count). The molecule has 282 valence electrons. The van der Waals surface area contributed by atoms with Crippen LogP contribution in [0.5, 0.6) is 0 Å². The van der Waals surface area contributed by atoms with Gasteiger partial charge in [-0.15, -0.1) is 0 Å². The average Bonchev–Trinajstić information content (AvgIpc) is 3.97. The second kappa shape index (κ2) is 12.2. The number of hydrogen-bond acceptors (Lipinski definition) is 4. The van der Waals surface area contributed by atoms with Crippen LogP contribution in [0, 0.1) is 0 Å². The highest BCUT2D eigenvalue weighted by molar-refractivity contribution is 6.10. The second-order valence-electron chi connectivity index (χ2n) is 17.2. The predicted octanol–water partition coefficient (Wildman–Crippen LogP) is 15.1. The van der Waals surface area contributed by atoms with Crippen LogP contribution in [0.25, 0.3) is 77.9 Å². The molecule has 10 aromatic rings. The Labute approximate surface area is 343 Å². The van der Waals surface area contributed by atoms with E-state index in [0.717, 1.165) is 66.8 Å². The lowest BCUT2D eigenvalue weighted by Gasteiger charge is -2.30. The van der Waals surface area contributed by atoms with Crippen molar-refractivity contribution in [3.05, 3.63) is 192 Å². The van der Waals surface area contributed by atoms with Gasteiger partial charge in [0, 0.05) is 50.3 Å². The summed E-state index contributed by atoms with van der Waals surface area (Å²) in [5.41, 5.74) is 20.3. The maximum atomic E-state index is 6.36. The molecule has 0 saturated carbocycles. The number of aromatic nitrogens is 1. The first kappa shape index (κ1) is 33.9. The average molecular weight is 761 g/mol. The molecule has 59 heavy (non-hydrogen) atoms. The van der Waals surface area contributed by atoms with Gasteiger partial charge in [-0.3, -0.25) is 0 Å². The predicted molar refractivity (Wildman–Crippen MR) is 242 cm³/mol. The zero-order chi connectivity index (χ0) is 39.6. The molecule has 0 N–H and O–H groups in total. The van der Waals surface area contributed by atoms with Crippen molar-refractivity contribution in [2.75, 3.05) is 4.90 Å². The molecule has 2 aliphatic rings. The van der Waals surface area contributed by atoms with Crippen molar-refractivity contribution in [2.45, 2.75) is 38.5 Å². The van der Waals surface area contributed by atoms with Gasteiger partial charge in [-0.25, -0.2) is 4.98 Å². The highest BCUT2D eigenvalue weighted by Crippen LogP contribution is 2.53. The molecule has 4 nitrogen and oxygen atoms in total. The Kier molecular flexibility index (Phi) is 7.00.